The first kappa shape index (κ1) is 16.5. The fraction of sp³-hybridized carbons (Fsp3) is 0.667. The highest BCUT2D eigenvalue weighted by Gasteiger charge is 2.31. The van der Waals surface area contributed by atoms with Crippen LogP contribution >= 0.6 is 0 Å². The van der Waals surface area contributed by atoms with E-state index < -0.39 is 18.7 Å². The van der Waals surface area contributed by atoms with Gasteiger partial charge in [-0.1, -0.05) is 6.92 Å². The summed E-state index contributed by atoms with van der Waals surface area (Å²) in [6.45, 7) is 2.67. The normalized spacial score (nSPS) is 11.9. The van der Waals surface area contributed by atoms with Gasteiger partial charge in [0, 0.05) is 13.6 Å². The van der Waals surface area contributed by atoms with Gasteiger partial charge in [0.15, 0.2) is 0 Å². The summed E-state index contributed by atoms with van der Waals surface area (Å²) in [5.74, 6) is -0.571. The number of esters is 1. The van der Waals surface area contributed by atoms with E-state index in [1.807, 2.05) is 0 Å². The maximum atomic E-state index is 12.4. The lowest BCUT2D eigenvalue weighted by Crippen LogP contribution is -2.34. The zero-order valence-electron chi connectivity index (χ0n) is 11.7. The Kier molecular flexibility index (Phi) is 5.55. The molecule has 0 aromatic carbocycles. The van der Waals surface area contributed by atoms with Crippen molar-refractivity contribution in [3.63, 3.8) is 0 Å². The number of halogens is 3. The molecule has 20 heavy (non-hydrogen) atoms. The van der Waals surface area contributed by atoms with Crippen LogP contribution in [0.4, 0.5) is 13.2 Å². The molecule has 0 aliphatic heterocycles. The third-order valence-electron chi connectivity index (χ3n) is 2.78. The second-order valence-electron chi connectivity index (χ2n) is 4.27. The number of carbonyl (C=O) groups is 1. The van der Waals surface area contributed by atoms with Crippen LogP contribution in [-0.4, -0.2) is 46.5 Å². The molecule has 0 bridgehead atoms. The van der Waals surface area contributed by atoms with E-state index in [1.165, 1.54) is 15.8 Å². The number of aromatic nitrogens is 2. The summed E-state index contributed by atoms with van der Waals surface area (Å²) >= 11 is 0. The lowest BCUT2D eigenvalue weighted by Gasteiger charge is -2.22. The van der Waals surface area contributed by atoms with Crippen molar-refractivity contribution in [3.8, 4) is 0 Å². The zero-order valence-corrected chi connectivity index (χ0v) is 11.7. The Balaban J connectivity index is 2.90. The molecular weight excluding hydrogens is 275 g/mol. The topological polar surface area (TPSA) is 47.4 Å². The van der Waals surface area contributed by atoms with E-state index in [9.17, 15) is 18.0 Å². The highest BCUT2D eigenvalue weighted by Crippen LogP contribution is 2.19. The summed E-state index contributed by atoms with van der Waals surface area (Å²) in [7, 11) is 1.58. The number of ether oxygens (including phenoxy) is 1. The minimum Gasteiger partial charge on any atom is -0.462 e. The predicted molar refractivity (Wildman–Crippen MR) is 66.2 cm³/mol. The molecule has 0 aliphatic rings. The molecule has 0 fully saturated rings. The number of nitrogens with zero attached hydrogens (tertiary/aromatic N) is 3. The van der Waals surface area contributed by atoms with Crippen molar-refractivity contribution in [3.05, 3.63) is 17.5 Å². The summed E-state index contributed by atoms with van der Waals surface area (Å²) in [6, 6.07) is 0. The van der Waals surface area contributed by atoms with Crippen LogP contribution in [0, 0.1) is 0 Å². The van der Waals surface area contributed by atoms with Crippen molar-refractivity contribution >= 4 is 5.97 Å². The maximum Gasteiger partial charge on any atom is 0.401 e. The lowest BCUT2D eigenvalue weighted by atomic mass is 10.2. The minimum absolute atomic E-state index is 0.0132. The Labute approximate surface area is 115 Å². The molecule has 5 nitrogen and oxygen atoms in total. The molecule has 0 N–H and O–H groups in total. The van der Waals surface area contributed by atoms with Gasteiger partial charge in [-0.15, -0.1) is 0 Å². The molecule has 0 aliphatic carbocycles. The first-order valence-electron chi connectivity index (χ1n) is 6.25. The van der Waals surface area contributed by atoms with Crippen LogP contribution in [0.3, 0.4) is 0 Å². The van der Waals surface area contributed by atoms with Gasteiger partial charge in [-0.05, 0) is 13.5 Å². The SMILES string of the molecule is CCOC(=O)c1cnn(C)c1CN(CC)CC(F)(F)F. The van der Waals surface area contributed by atoms with Crippen molar-refractivity contribution in [2.45, 2.75) is 26.6 Å². The second kappa shape index (κ2) is 6.74. The Bertz CT molecular complexity index is 457. The number of rotatable bonds is 6. The fourth-order valence-corrected chi connectivity index (χ4v) is 1.77. The molecule has 8 heteroatoms. The number of aryl methyl sites for hydroxylation is 1. The minimum atomic E-state index is -4.28. The van der Waals surface area contributed by atoms with Crippen molar-refractivity contribution in [2.24, 2.45) is 7.05 Å². The fourth-order valence-electron chi connectivity index (χ4n) is 1.77. The summed E-state index contributed by atoms with van der Waals surface area (Å²) in [6.07, 6.45) is -2.96. The molecule has 0 saturated carbocycles. The highest BCUT2D eigenvalue weighted by molar-refractivity contribution is 5.90. The van der Waals surface area contributed by atoms with Gasteiger partial charge in [0.05, 0.1) is 25.0 Å². The molecule has 0 unspecified atom stereocenters. The summed E-state index contributed by atoms with van der Waals surface area (Å²) in [5.41, 5.74) is 0.615. The van der Waals surface area contributed by atoms with Gasteiger partial charge >= 0.3 is 12.1 Å². The van der Waals surface area contributed by atoms with Gasteiger partial charge in [0.25, 0.3) is 0 Å². The van der Waals surface area contributed by atoms with Crippen LogP contribution in [-0.2, 0) is 18.3 Å². The molecule has 0 spiro atoms. The molecular formula is C12H18F3N3O2. The molecule has 1 aromatic heterocycles. The Morgan fingerprint density at radius 1 is 1.45 bits per heavy atom. The van der Waals surface area contributed by atoms with E-state index in [-0.39, 0.29) is 25.3 Å². The third kappa shape index (κ3) is 4.52. The van der Waals surface area contributed by atoms with E-state index in [0.717, 1.165) is 0 Å². The van der Waals surface area contributed by atoms with Crippen LogP contribution in [0.1, 0.15) is 29.9 Å². The summed E-state index contributed by atoms with van der Waals surface area (Å²) in [4.78, 5) is 12.9. The maximum absolute atomic E-state index is 12.4. The van der Waals surface area contributed by atoms with Crippen molar-refractivity contribution in [1.82, 2.24) is 14.7 Å². The number of hydrogen-bond donors (Lipinski definition) is 0. The van der Waals surface area contributed by atoms with Gasteiger partial charge in [-0.2, -0.15) is 18.3 Å². The van der Waals surface area contributed by atoms with Crippen molar-refractivity contribution in [1.29, 1.82) is 0 Å². The predicted octanol–water partition coefficient (Wildman–Crippen LogP) is 1.98. The van der Waals surface area contributed by atoms with Crippen molar-refractivity contribution in [2.75, 3.05) is 19.7 Å². The Morgan fingerprint density at radius 2 is 2.10 bits per heavy atom. The van der Waals surface area contributed by atoms with Crippen molar-refractivity contribution < 1.29 is 22.7 Å². The third-order valence-corrected chi connectivity index (χ3v) is 2.78. The molecule has 114 valence electrons. The van der Waals surface area contributed by atoms with E-state index in [0.29, 0.717) is 5.69 Å². The zero-order chi connectivity index (χ0) is 15.3. The van der Waals surface area contributed by atoms with Gasteiger partial charge in [-0.3, -0.25) is 9.58 Å². The summed E-state index contributed by atoms with van der Waals surface area (Å²) < 4.78 is 43.6. The van der Waals surface area contributed by atoms with Crippen LogP contribution in [0.15, 0.2) is 6.20 Å². The largest absolute Gasteiger partial charge is 0.462 e. The average molecular weight is 293 g/mol. The number of hydrogen-bond acceptors (Lipinski definition) is 4. The van der Waals surface area contributed by atoms with Crippen LogP contribution in [0.25, 0.3) is 0 Å². The quantitative estimate of drug-likeness (QED) is 0.753. The van der Waals surface area contributed by atoms with Gasteiger partial charge in [0.1, 0.15) is 5.56 Å². The summed E-state index contributed by atoms with van der Waals surface area (Å²) in [5, 5.41) is 3.91. The Morgan fingerprint density at radius 3 is 2.60 bits per heavy atom. The number of alkyl halides is 3. The molecule has 0 amide bonds. The Hall–Kier alpha value is -1.57. The monoisotopic (exact) mass is 293 g/mol. The first-order chi connectivity index (χ1) is 9.28. The molecule has 1 heterocycles. The lowest BCUT2D eigenvalue weighted by molar-refractivity contribution is -0.146. The first-order valence-corrected chi connectivity index (χ1v) is 6.25. The molecule has 1 rings (SSSR count). The highest BCUT2D eigenvalue weighted by atomic mass is 19.4. The molecule has 0 radical (unpaired) electrons. The standard InChI is InChI=1S/C12H18F3N3O2/c1-4-18(8-12(13,14)15)7-10-9(6-16-17(10)3)11(19)20-5-2/h6H,4-5,7-8H2,1-3H3. The van der Waals surface area contributed by atoms with Gasteiger partial charge < -0.3 is 4.74 Å². The van der Waals surface area contributed by atoms with Crippen LogP contribution in [0.5, 0.6) is 0 Å². The second-order valence-corrected chi connectivity index (χ2v) is 4.27. The van der Waals surface area contributed by atoms with Crippen LogP contribution in [0.2, 0.25) is 0 Å². The average Bonchev–Trinajstić information content (AvgIpc) is 2.69. The molecule has 1 aromatic rings. The smallest absolute Gasteiger partial charge is 0.401 e. The molecule has 0 saturated heterocycles. The van der Waals surface area contributed by atoms with E-state index in [4.69, 9.17) is 4.74 Å². The van der Waals surface area contributed by atoms with E-state index in [2.05, 4.69) is 5.10 Å². The van der Waals surface area contributed by atoms with E-state index >= 15 is 0 Å². The van der Waals surface area contributed by atoms with E-state index in [1.54, 1.807) is 20.9 Å². The molecule has 0 atom stereocenters. The van der Waals surface area contributed by atoms with Crippen LogP contribution < -0.4 is 0 Å². The number of carbonyl (C=O) groups excluding carboxylic acids is 1. The van der Waals surface area contributed by atoms with Gasteiger partial charge in [0.2, 0.25) is 0 Å². The van der Waals surface area contributed by atoms with Gasteiger partial charge in [-0.25, -0.2) is 4.79 Å².